The number of carbonyl (C=O) groups excluding carboxylic acids is 1. The number of nitrogens with one attached hydrogen (secondary N) is 1. The molecule has 158 valence electrons. The molecule has 31 heavy (non-hydrogen) atoms. The van der Waals surface area contributed by atoms with Gasteiger partial charge in [-0.3, -0.25) is 10.2 Å². The largest absolute Gasteiger partial charge is 0.372 e. The molecule has 0 unspecified atom stereocenters. The number of rotatable bonds is 6. The van der Waals surface area contributed by atoms with Crippen molar-refractivity contribution in [1.82, 2.24) is 5.01 Å². The van der Waals surface area contributed by atoms with Crippen molar-refractivity contribution < 1.29 is 4.79 Å². The van der Waals surface area contributed by atoms with Crippen LogP contribution in [-0.4, -0.2) is 39.4 Å². The van der Waals surface area contributed by atoms with Gasteiger partial charge in [-0.05, 0) is 54.9 Å². The van der Waals surface area contributed by atoms with Crippen molar-refractivity contribution in [3.8, 4) is 0 Å². The third-order valence-corrected chi connectivity index (χ3v) is 7.09. The molecular formula is C23H23N5OS2. The van der Waals surface area contributed by atoms with Crippen LogP contribution >= 0.6 is 23.5 Å². The summed E-state index contributed by atoms with van der Waals surface area (Å²) in [4.78, 5) is 19.0. The monoisotopic (exact) mass is 449 g/mol. The second-order valence-electron chi connectivity index (χ2n) is 6.92. The van der Waals surface area contributed by atoms with Gasteiger partial charge in [0.1, 0.15) is 0 Å². The van der Waals surface area contributed by atoms with Crippen LogP contribution in [-0.2, 0) is 10.5 Å². The maximum atomic E-state index is 12.6. The molecule has 0 bridgehead atoms. The van der Waals surface area contributed by atoms with Gasteiger partial charge in [-0.15, -0.1) is 5.10 Å². The van der Waals surface area contributed by atoms with E-state index in [1.807, 2.05) is 42.5 Å². The SMILES string of the molecule is CCN(CC)c1ccc(/C=C2/C(=N)N3N=C(SCc4ccccc4)SC3=NC2=O)cc1. The zero-order chi connectivity index (χ0) is 21.8. The molecule has 2 heterocycles. The Morgan fingerprint density at radius 2 is 1.81 bits per heavy atom. The zero-order valence-corrected chi connectivity index (χ0v) is 19.0. The molecule has 0 saturated heterocycles. The number of aliphatic imine (C=N–C) groups is 1. The van der Waals surface area contributed by atoms with Gasteiger partial charge in [0.05, 0.1) is 5.57 Å². The highest BCUT2D eigenvalue weighted by Crippen LogP contribution is 2.33. The highest BCUT2D eigenvalue weighted by atomic mass is 32.2. The standard InChI is InChI=1S/C23H23N5OS2/c1-3-27(4-2)18-12-10-16(11-13-18)14-19-20(24)28-22(25-21(19)29)31-23(26-28)30-15-17-8-6-5-7-9-17/h5-14,24H,3-4,15H2,1-2H3/b19-14-,24-20?. The topological polar surface area (TPSA) is 72.1 Å². The number of amides is 1. The summed E-state index contributed by atoms with van der Waals surface area (Å²) in [6, 6.07) is 18.1. The van der Waals surface area contributed by atoms with E-state index in [2.05, 4.69) is 41.0 Å². The lowest BCUT2D eigenvalue weighted by Crippen LogP contribution is -2.35. The molecule has 1 amide bonds. The number of fused-ring (bicyclic) bond motifs is 1. The molecule has 2 aromatic carbocycles. The number of amidine groups is 2. The first-order valence-corrected chi connectivity index (χ1v) is 11.9. The van der Waals surface area contributed by atoms with Crippen molar-refractivity contribution in [2.45, 2.75) is 19.6 Å². The lowest BCUT2D eigenvalue weighted by atomic mass is 10.1. The van der Waals surface area contributed by atoms with Crippen LogP contribution in [0.1, 0.15) is 25.0 Å². The summed E-state index contributed by atoms with van der Waals surface area (Å²) in [5.41, 5.74) is 3.44. The Kier molecular flexibility index (Phi) is 6.58. The molecule has 2 aromatic rings. The van der Waals surface area contributed by atoms with Gasteiger partial charge in [0.15, 0.2) is 10.2 Å². The Balaban J connectivity index is 1.50. The highest BCUT2D eigenvalue weighted by Gasteiger charge is 2.35. The van der Waals surface area contributed by atoms with Crippen molar-refractivity contribution >= 4 is 56.6 Å². The van der Waals surface area contributed by atoms with Gasteiger partial charge in [0.25, 0.3) is 5.91 Å². The number of nitrogens with zero attached hydrogens (tertiary/aromatic N) is 4. The first kappa shape index (κ1) is 21.4. The summed E-state index contributed by atoms with van der Waals surface area (Å²) in [5, 5.41) is 14.9. The predicted octanol–water partition coefficient (Wildman–Crippen LogP) is 5.04. The van der Waals surface area contributed by atoms with E-state index in [4.69, 9.17) is 5.41 Å². The minimum atomic E-state index is -0.402. The molecule has 1 N–H and O–H groups in total. The number of hydrogen-bond acceptors (Lipinski definition) is 6. The van der Waals surface area contributed by atoms with E-state index in [1.165, 1.54) is 22.3 Å². The third-order valence-electron chi connectivity index (χ3n) is 4.97. The van der Waals surface area contributed by atoms with Crippen LogP contribution in [0, 0.1) is 5.41 Å². The maximum absolute atomic E-state index is 12.6. The molecule has 4 rings (SSSR count). The third kappa shape index (κ3) is 4.75. The smallest absolute Gasteiger partial charge is 0.283 e. The average Bonchev–Trinajstić information content (AvgIpc) is 3.21. The molecule has 0 atom stereocenters. The predicted molar refractivity (Wildman–Crippen MR) is 133 cm³/mol. The fourth-order valence-electron chi connectivity index (χ4n) is 3.29. The van der Waals surface area contributed by atoms with Crippen LogP contribution in [0.3, 0.4) is 0 Å². The first-order chi connectivity index (χ1) is 15.1. The maximum Gasteiger partial charge on any atom is 0.283 e. The molecule has 0 saturated carbocycles. The van der Waals surface area contributed by atoms with E-state index in [9.17, 15) is 4.79 Å². The van der Waals surface area contributed by atoms with Crippen LogP contribution in [0.5, 0.6) is 0 Å². The molecule has 0 spiro atoms. The van der Waals surface area contributed by atoms with Crippen LogP contribution in [0.4, 0.5) is 5.69 Å². The normalized spacial score (nSPS) is 17.0. The first-order valence-electron chi connectivity index (χ1n) is 10.1. The summed E-state index contributed by atoms with van der Waals surface area (Å²) in [5.74, 6) is 0.433. The molecule has 2 aliphatic heterocycles. The summed E-state index contributed by atoms with van der Waals surface area (Å²) in [7, 11) is 0. The highest BCUT2D eigenvalue weighted by molar-refractivity contribution is 8.45. The van der Waals surface area contributed by atoms with Gasteiger partial charge in [-0.1, -0.05) is 54.2 Å². The van der Waals surface area contributed by atoms with Crippen molar-refractivity contribution in [1.29, 1.82) is 5.41 Å². The second kappa shape index (κ2) is 9.53. The van der Waals surface area contributed by atoms with Crippen LogP contribution in [0.2, 0.25) is 0 Å². The van der Waals surface area contributed by atoms with Crippen molar-refractivity contribution in [2.75, 3.05) is 18.0 Å². The van der Waals surface area contributed by atoms with Gasteiger partial charge in [-0.25, -0.2) is 0 Å². The Morgan fingerprint density at radius 1 is 1.10 bits per heavy atom. The lowest BCUT2D eigenvalue weighted by molar-refractivity contribution is -0.114. The second-order valence-corrected chi connectivity index (χ2v) is 9.10. The van der Waals surface area contributed by atoms with E-state index in [-0.39, 0.29) is 11.4 Å². The van der Waals surface area contributed by atoms with Crippen LogP contribution in [0.25, 0.3) is 6.08 Å². The molecular weight excluding hydrogens is 426 g/mol. The molecule has 0 radical (unpaired) electrons. The average molecular weight is 450 g/mol. The van der Waals surface area contributed by atoms with Crippen molar-refractivity contribution in [2.24, 2.45) is 10.1 Å². The van der Waals surface area contributed by atoms with Gasteiger partial charge in [0, 0.05) is 24.5 Å². The van der Waals surface area contributed by atoms with Gasteiger partial charge < -0.3 is 4.90 Å². The number of thioether (sulfide) groups is 2. The minimum absolute atomic E-state index is 0.0608. The lowest BCUT2D eigenvalue weighted by Gasteiger charge is -2.21. The number of hydrogen-bond donors (Lipinski definition) is 1. The number of benzene rings is 2. The van der Waals surface area contributed by atoms with Crippen LogP contribution in [0.15, 0.2) is 70.3 Å². The van der Waals surface area contributed by atoms with E-state index < -0.39 is 5.91 Å². The molecule has 6 nitrogen and oxygen atoms in total. The molecule has 0 aliphatic carbocycles. The Hall–Kier alpha value is -2.84. The van der Waals surface area contributed by atoms with Crippen molar-refractivity contribution in [3.05, 3.63) is 71.3 Å². The zero-order valence-electron chi connectivity index (χ0n) is 17.4. The number of anilines is 1. The fourth-order valence-corrected chi connectivity index (χ4v) is 5.17. The summed E-state index contributed by atoms with van der Waals surface area (Å²) in [6.07, 6.45) is 1.71. The fraction of sp³-hybridized carbons (Fsp3) is 0.217. The van der Waals surface area contributed by atoms with Crippen LogP contribution < -0.4 is 4.90 Å². The Labute approximate surface area is 190 Å². The molecule has 2 aliphatic rings. The van der Waals surface area contributed by atoms with Gasteiger partial charge in [-0.2, -0.15) is 10.0 Å². The summed E-state index contributed by atoms with van der Waals surface area (Å²) in [6.45, 7) is 6.12. The Morgan fingerprint density at radius 3 is 2.48 bits per heavy atom. The number of hydrazone groups is 1. The van der Waals surface area contributed by atoms with E-state index in [0.717, 1.165) is 34.5 Å². The van der Waals surface area contributed by atoms with E-state index in [0.29, 0.717) is 5.17 Å². The van der Waals surface area contributed by atoms with E-state index in [1.54, 1.807) is 17.8 Å². The Bertz CT molecular complexity index is 1070. The van der Waals surface area contributed by atoms with Crippen molar-refractivity contribution in [3.63, 3.8) is 0 Å². The number of carbonyl (C=O) groups is 1. The molecule has 0 fully saturated rings. The minimum Gasteiger partial charge on any atom is -0.372 e. The van der Waals surface area contributed by atoms with Gasteiger partial charge in [0.2, 0.25) is 5.17 Å². The molecule has 8 heteroatoms. The van der Waals surface area contributed by atoms with Gasteiger partial charge >= 0.3 is 0 Å². The summed E-state index contributed by atoms with van der Waals surface area (Å²) >= 11 is 2.91. The van der Waals surface area contributed by atoms with E-state index >= 15 is 0 Å². The molecule has 0 aromatic heterocycles. The summed E-state index contributed by atoms with van der Waals surface area (Å²) < 4.78 is 0.782. The quantitative estimate of drug-likeness (QED) is 0.626.